The van der Waals surface area contributed by atoms with Crippen molar-refractivity contribution in [2.75, 3.05) is 40.3 Å². The van der Waals surface area contributed by atoms with E-state index in [0.29, 0.717) is 5.41 Å². The maximum absolute atomic E-state index is 5.93. The van der Waals surface area contributed by atoms with Gasteiger partial charge in [-0.25, -0.2) is 0 Å². The molecule has 0 bridgehead atoms. The molecule has 1 aliphatic heterocycles. The van der Waals surface area contributed by atoms with Gasteiger partial charge in [0, 0.05) is 6.04 Å². The molecule has 1 saturated heterocycles. The van der Waals surface area contributed by atoms with Crippen LogP contribution in [0.2, 0.25) is 0 Å². The number of nitrogens with zero attached hydrogens (tertiary/aromatic N) is 2. The van der Waals surface area contributed by atoms with Crippen LogP contribution < -0.4 is 5.73 Å². The molecule has 0 radical (unpaired) electrons. The Hall–Kier alpha value is -0.120. The van der Waals surface area contributed by atoms with E-state index < -0.39 is 0 Å². The smallest absolute Gasteiger partial charge is 0.0117 e. The quantitative estimate of drug-likeness (QED) is 0.790. The Labute approximate surface area is 106 Å². The van der Waals surface area contributed by atoms with Crippen LogP contribution in [0.25, 0.3) is 0 Å². The normalized spacial score (nSPS) is 26.1. The summed E-state index contributed by atoms with van der Waals surface area (Å²) in [6.07, 6.45) is 8.11. The summed E-state index contributed by atoms with van der Waals surface area (Å²) in [5.74, 6) is 0. The number of likely N-dealkylation sites (tertiary alicyclic amines) is 1. The summed E-state index contributed by atoms with van der Waals surface area (Å²) in [5, 5.41) is 0. The van der Waals surface area contributed by atoms with Crippen LogP contribution in [0.4, 0.5) is 0 Å². The highest BCUT2D eigenvalue weighted by Gasteiger charge is 2.35. The molecule has 2 aliphatic rings. The van der Waals surface area contributed by atoms with Gasteiger partial charge in [-0.05, 0) is 77.8 Å². The first-order chi connectivity index (χ1) is 8.15. The Morgan fingerprint density at radius 2 is 1.94 bits per heavy atom. The zero-order chi connectivity index (χ0) is 12.3. The third-order valence-corrected chi connectivity index (χ3v) is 5.15. The van der Waals surface area contributed by atoms with Crippen LogP contribution in [0, 0.1) is 5.41 Å². The highest BCUT2D eigenvalue weighted by atomic mass is 15.2. The molecule has 0 unspecified atom stereocenters. The van der Waals surface area contributed by atoms with Crippen molar-refractivity contribution in [1.29, 1.82) is 0 Å². The Bertz CT molecular complexity index is 224. The predicted octanol–water partition coefficient (Wildman–Crippen LogP) is 1.53. The first-order valence-corrected chi connectivity index (χ1v) is 7.24. The molecular weight excluding hydrogens is 210 g/mol. The average molecular weight is 239 g/mol. The van der Waals surface area contributed by atoms with Crippen LogP contribution in [0.15, 0.2) is 0 Å². The topological polar surface area (TPSA) is 32.5 Å². The van der Waals surface area contributed by atoms with Gasteiger partial charge < -0.3 is 15.5 Å². The van der Waals surface area contributed by atoms with Gasteiger partial charge in [0.25, 0.3) is 0 Å². The lowest BCUT2D eigenvalue weighted by atomic mass is 9.66. The van der Waals surface area contributed by atoms with Crippen molar-refractivity contribution < 1.29 is 0 Å². The van der Waals surface area contributed by atoms with Gasteiger partial charge in [-0.2, -0.15) is 0 Å². The van der Waals surface area contributed by atoms with Crippen LogP contribution >= 0.6 is 0 Å². The standard InChI is InChI=1S/C14H29N3/c1-16-9-4-13(5-10-16)17(2)11-8-14(12-15)6-3-7-14/h13H,3-12,15H2,1-2H3. The van der Waals surface area contributed by atoms with E-state index in [4.69, 9.17) is 5.73 Å². The number of nitrogens with two attached hydrogens (primary N) is 1. The van der Waals surface area contributed by atoms with Crippen LogP contribution in [0.1, 0.15) is 38.5 Å². The molecule has 2 fully saturated rings. The fourth-order valence-corrected chi connectivity index (χ4v) is 3.26. The summed E-state index contributed by atoms with van der Waals surface area (Å²) in [5.41, 5.74) is 6.44. The van der Waals surface area contributed by atoms with E-state index in [2.05, 4.69) is 23.9 Å². The zero-order valence-electron chi connectivity index (χ0n) is 11.6. The predicted molar refractivity (Wildman–Crippen MR) is 73.1 cm³/mol. The maximum atomic E-state index is 5.93. The minimum Gasteiger partial charge on any atom is -0.330 e. The number of hydrogen-bond donors (Lipinski definition) is 1. The summed E-state index contributed by atoms with van der Waals surface area (Å²) in [6, 6.07) is 0.807. The Kier molecular flexibility index (Phi) is 4.45. The minimum atomic E-state index is 0.514. The van der Waals surface area contributed by atoms with Gasteiger partial charge in [0.05, 0.1) is 0 Å². The summed E-state index contributed by atoms with van der Waals surface area (Å²) < 4.78 is 0. The van der Waals surface area contributed by atoms with E-state index >= 15 is 0 Å². The first-order valence-electron chi connectivity index (χ1n) is 7.24. The molecule has 2 N–H and O–H groups in total. The van der Waals surface area contributed by atoms with Crippen LogP contribution in [-0.2, 0) is 0 Å². The highest BCUT2D eigenvalue weighted by molar-refractivity contribution is 4.89. The average Bonchev–Trinajstić information content (AvgIpc) is 2.29. The first kappa shape index (κ1) is 13.3. The second kappa shape index (κ2) is 5.68. The Balaban J connectivity index is 1.71. The van der Waals surface area contributed by atoms with Crippen LogP contribution in [-0.4, -0.2) is 56.1 Å². The SMILES string of the molecule is CN1CCC(N(C)CCC2(CN)CCC2)CC1. The molecule has 2 rings (SSSR count). The summed E-state index contributed by atoms with van der Waals surface area (Å²) in [4.78, 5) is 5.03. The molecule has 0 aromatic heterocycles. The lowest BCUT2D eigenvalue weighted by molar-refractivity contribution is 0.0852. The van der Waals surface area contributed by atoms with Crippen molar-refractivity contribution in [3.63, 3.8) is 0 Å². The van der Waals surface area contributed by atoms with Crippen molar-refractivity contribution in [2.24, 2.45) is 11.1 Å². The van der Waals surface area contributed by atoms with Gasteiger partial charge in [0.1, 0.15) is 0 Å². The Morgan fingerprint density at radius 3 is 2.41 bits per heavy atom. The molecule has 1 saturated carbocycles. The summed E-state index contributed by atoms with van der Waals surface area (Å²) in [6.45, 7) is 4.66. The molecule has 0 aromatic carbocycles. The number of piperidine rings is 1. The van der Waals surface area contributed by atoms with E-state index in [0.717, 1.165) is 12.6 Å². The van der Waals surface area contributed by atoms with Crippen molar-refractivity contribution in [2.45, 2.75) is 44.6 Å². The van der Waals surface area contributed by atoms with Gasteiger partial charge in [0.2, 0.25) is 0 Å². The summed E-state index contributed by atoms with van der Waals surface area (Å²) >= 11 is 0. The second-order valence-electron chi connectivity index (χ2n) is 6.32. The Morgan fingerprint density at radius 1 is 1.29 bits per heavy atom. The molecule has 1 heterocycles. The molecule has 1 aliphatic carbocycles. The third-order valence-electron chi connectivity index (χ3n) is 5.15. The largest absolute Gasteiger partial charge is 0.330 e. The van der Waals surface area contributed by atoms with E-state index in [1.165, 1.54) is 58.2 Å². The van der Waals surface area contributed by atoms with E-state index in [1.807, 2.05) is 0 Å². The number of hydrogen-bond acceptors (Lipinski definition) is 3. The van der Waals surface area contributed by atoms with Crippen LogP contribution in [0.5, 0.6) is 0 Å². The van der Waals surface area contributed by atoms with Crippen molar-refractivity contribution in [1.82, 2.24) is 9.80 Å². The lowest BCUT2D eigenvalue weighted by Gasteiger charge is -2.43. The molecule has 17 heavy (non-hydrogen) atoms. The van der Waals surface area contributed by atoms with Crippen LogP contribution in [0.3, 0.4) is 0 Å². The van der Waals surface area contributed by atoms with Crippen molar-refractivity contribution in [3.05, 3.63) is 0 Å². The lowest BCUT2D eigenvalue weighted by Crippen LogP contribution is -2.45. The molecule has 3 nitrogen and oxygen atoms in total. The fraction of sp³-hybridized carbons (Fsp3) is 1.00. The van der Waals surface area contributed by atoms with Gasteiger partial charge >= 0.3 is 0 Å². The third kappa shape index (κ3) is 3.21. The van der Waals surface area contributed by atoms with Crippen molar-refractivity contribution >= 4 is 0 Å². The zero-order valence-corrected chi connectivity index (χ0v) is 11.6. The minimum absolute atomic E-state index is 0.514. The molecular formula is C14H29N3. The van der Waals surface area contributed by atoms with E-state index in [9.17, 15) is 0 Å². The van der Waals surface area contributed by atoms with Gasteiger partial charge in [0.15, 0.2) is 0 Å². The van der Waals surface area contributed by atoms with Gasteiger partial charge in [-0.3, -0.25) is 0 Å². The van der Waals surface area contributed by atoms with Gasteiger partial charge in [-0.1, -0.05) is 6.42 Å². The van der Waals surface area contributed by atoms with E-state index in [-0.39, 0.29) is 0 Å². The molecule has 0 spiro atoms. The number of rotatable bonds is 5. The van der Waals surface area contributed by atoms with Crippen molar-refractivity contribution in [3.8, 4) is 0 Å². The highest BCUT2D eigenvalue weighted by Crippen LogP contribution is 2.43. The summed E-state index contributed by atoms with van der Waals surface area (Å²) in [7, 11) is 4.53. The second-order valence-corrected chi connectivity index (χ2v) is 6.32. The molecule has 0 atom stereocenters. The molecule has 0 aromatic rings. The van der Waals surface area contributed by atoms with Gasteiger partial charge in [-0.15, -0.1) is 0 Å². The molecule has 3 heteroatoms. The molecule has 0 amide bonds. The maximum Gasteiger partial charge on any atom is 0.0117 e. The van der Waals surface area contributed by atoms with E-state index in [1.54, 1.807) is 0 Å². The molecule has 100 valence electrons. The fourth-order valence-electron chi connectivity index (χ4n) is 3.26. The monoisotopic (exact) mass is 239 g/mol.